The molecule has 0 aliphatic heterocycles. The van der Waals surface area contributed by atoms with Crippen LogP contribution in [-0.2, 0) is 4.74 Å². The summed E-state index contributed by atoms with van der Waals surface area (Å²) >= 11 is 0. The number of hydrogen-bond acceptors (Lipinski definition) is 2. The van der Waals surface area contributed by atoms with Gasteiger partial charge < -0.3 is 10.1 Å². The summed E-state index contributed by atoms with van der Waals surface area (Å²) in [5.41, 5.74) is 0. The Balaban J connectivity index is 3.45. The van der Waals surface area contributed by atoms with E-state index in [1.165, 1.54) is 19.3 Å². The molecule has 0 bridgehead atoms. The quantitative estimate of drug-likeness (QED) is 0.589. The lowest BCUT2D eigenvalue weighted by Crippen LogP contribution is -2.23. The molecule has 0 aliphatic rings. The number of unbranched alkanes of at least 4 members (excludes halogenated alkanes) is 1. The minimum Gasteiger partial charge on any atom is -0.385 e. The summed E-state index contributed by atoms with van der Waals surface area (Å²) < 4.78 is 5.03. The van der Waals surface area contributed by atoms with Crippen LogP contribution < -0.4 is 5.32 Å². The Bertz CT molecular complexity index is 104. The van der Waals surface area contributed by atoms with Gasteiger partial charge in [0.05, 0.1) is 0 Å². The molecule has 0 amide bonds. The smallest absolute Gasteiger partial charge is 0.0462 e. The Hall–Kier alpha value is -0.0800. The highest BCUT2D eigenvalue weighted by Gasteiger charge is 2.11. The van der Waals surface area contributed by atoms with Gasteiger partial charge in [0.25, 0.3) is 0 Å². The van der Waals surface area contributed by atoms with Gasteiger partial charge in [0.2, 0.25) is 0 Å². The molecule has 0 spiro atoms. The first-order valence-corrected chi connectivity index (χ1v) is 5.36. The van der Waals surface area contributed by atoms with Crippen LogP contribution >= 0.6 is 0 Å². The molecule has 13 heavy (non-hydrogen) atoms. The number of hydrogen-bond donors (Lipinski definition) is 1. The lowest BCUT2D eigenvalue weighted by atomic mass is 9.90. The summed E-state index contributed by atoms with van der Waals surface area (Å²) in [6.07, 6.45) is 3.81. The minimum atomic E-state index is 0.787. The molecule has 1 atom stereocenters. The van der Waals surface area contributed by atoms with E-state index < -0.39 is 0 Å². The summed E-state index contributed by atoms with van der Waals surface area (Å²) in [5.74, 6) is 1.61. The second kappa shape index (κ2) is 8.52. The Morgan fingerprint density at radius 2 is 1.92 bits per heavy atom. The van der Waals surface area contributed by atoms with Gasteiger partial charge in [-0.25, -0.2) is 0 Å². The highest BCUT2D eigenvalue weighted by atomic mass is 16.5. The molecule has 1 unspecified atom stereocenters. The van der Waals surface area contributed by atoms with Crippen molar-refractivity contribution in [2.75, 3.05) is 27.3 Å². The van der Waals surface area contributed by atoms with Crippen molar-refractivity contribution in [2.24, 2.45) is 11.8 Å². The number of methoxy groups -OCH3 is 1. The normalized spacial score (nSPS) is 13.6. The zero-order valence-electron chi connectivity index (χ0n) is 9.60. The molecule has 0 saturated heterocycles. The van der Waals surface area contributed by atoms with Crippen LogP contribution in [0.4, 0.5) is 0 Å². The van der Waals surface area contributed by atoms with Crippen molar-refractivity contribution in [3.8, 4) is 0 Å². The van der Waals surface area contributed by atoms with Gasteiger partial charge in [-0.05, 0) is 38.3 Å². The largest absolute Gasteiger partial charge is 0.385 e. The second-order valence-corrected chi connectivity index (χ2v) is 4.05. The zero-order chi connectivity index (χ0) is 10.1. The van der Waals surface area contributed by atoms with Crippen molar-refractivity contribution in [3.63, 3.8) is 0 Å². The number of nitrogens with one attached hydrogen (secondary N) is 1. The van der Waals surface area contributed by atoms with Gasteiger partial charge in [-0.2, -0.15) is 0 Å². The van der Waals surface area contributed by atoms with E-state index in [1.807, 2.05) is 7.05 Å². The number of ether oxygens (including phenoxy) is 1. The van der Waals surface area contributed by atoms with Crippen LogP contribution in [0.15, 0.2) is 0 Å². The van der Waals surface area contributed by atoms with Crippen molar-refractivity contribution < 1.29 is 4.74 Å². The molecule has 0 fully saturated rings. The molecule has 2 heteroatoms. The monoisotopic (exact) mass is 187 g/mol. The Kier molecular flexibility index (Phi) is 8.46. The first-order valence-electron chi connectivity index (χ1n) is 5.36. The van der Waals surface area contributed by atoms with Gasteiger partial charge in [0, 0.05) is 13.7 Å². The van der Waals surface area contributed by atoms with E-state index in [1.54, 1.807) is 7.11 Å². The topological polar surface area (TPSA) is 21.3 Å². The molecule has 0 saturated carbocycles. The van der Waals surface area contributed by atoms with Crippen LogP contribution in [0.2, 0.25) is 0 Å². The van der Waals surface area contributed by atoms with Gasteiger partial charge >= 0.3 is 0 Å². The Labute approximate surface area is 83.1 Å². The van der Waals surface area contributed by atoms with Crippen LogP contribution in [0.25, 0.3) is 0 Å². The summed E-state index contributed by atoms with van der Waals surface area (Å²) in [7, 11) is 3.80. The van der Waals surface area contributed by atoms with Crippen LogP contribution in [0.1, 0.15) is 33.1 Å². The van der Waals surface area contributed by atoms with Crippen molar-refractivity contribution in [1.82, 2.24) is 5.32 Å². The van der Waals surface area contributed by atoms with Crippen molar-refractivity contribution in [1.29, 1.82) is 0 Å². The fraction of sp³-hybridized carbons (Fsp3) is 1.00. The van der Waals surface area contributed by atoms with E-state index in [4.69, 9.17) is 4.74 Å². The Morgan fingerprint density at radius 1 is 1.23 bits per heavy atom. The fourth-order valence-electron chi connectivity index (χ4n) is 1.59. The van der Waals surface area contributed by atoms with Crippen LogP contribution in [0.5, 0.6) is 0 Å². The first-order chi connectivity index (χ1) is 6.22. The van der Waals surface area contributed by atoms with E-state index in [0.29, 0.717) is 0 Å². The van der Waals surface area contributed by atoms with E-state index in [9.17, 15) is 0 Å². The molecular formula is C11H25NO. The van der Waals surface area contributed by atoms with Gasteiger partial charge in [-0.1, -0.05) is 20.3 Å². The molecular weight excluding hydrogens is 162 g/mol. The van der Waals surface area contributed by atoms with E-state index in [-0.39, 0.29) is 0 Å². The van der Waals surface area contributed by atoms with Crippen LogP contribution in [0.3, 0.4) is 0 Å². The maximum atomic E-state index is 5.03. The average Bonchev–Trinajstić information content (AvgIpc) is 2.10. The maximum Gasteiger partial charge on any atom is 0.0462 e. The SMILES string of the molecule is CNCC(CCCCOC)C(C)C. The second-order valence-electron chi connectivity index (χ2n) is 4.05. The van der Waals surface area contributed by atoms with Crippen LogP contribution in [0, 0.1) is 11.8 Å². The van der Waals surface area contributed by atoms with Gasteiger partial charge in [-0.3, -0.25) is 0 Å². The summed E-state index contributed by atoms with van der Waals surface area (Å²) in [4.78, 5) is 0. The van der Waals surface area contributed by atoms with Gasteiger partial charge in [-0.15, -0.1) is 0 Å². The zero-order valence-corrected chi connectivity index (χ0v) is 9.60. The molecule has 0 aromatic rings. The molecule has 0 heterocycles. The van der Waals surface area contributed by atoms with Crippen LogP contribution in [-0.4, -0.2) is 27.3 Å². The Morgan fingerprint density at radius 3 is 2.38 bits per heavy atom. The molecule has 0 radical (unpaired) electrons. The molecule has 0 rings (SSSR count). The highest BCUT2D eigenvalue weighted by Crippen LogP contribution is 2.17. The highest BCUT2D eigenvalue weighted by molar-refractivity contribution is 4.64. The van der Waals surface area contributed by atoms with Gasteiger partial charge in [0.1, 0.15) is 0 Å². The lowest BCUT2D eigenvalue weighted by molar-refractivity contribution is 0.188. The molecule has 0 aromatic carbocycles. The van der Waals surface area contributed by atoms with Gasteiger partial charge in [0.15, 0.2) is 0 Å². The summed E-state index contributed by atoms with van der Waals surface area (Å²) in [6, 6.07) is 0. The first kappa shape index (κ1) is 12.9. The molecule has 0 aromatic heterocycles. The van der Waals surface area contributed by atoms with Crippen molar-refractivity contribution >= 4 is 0 Å². The predicted octanol–water partition coefficient (Wildman–Crippen LogP) is 2.29. The van der Waals surface area contributed by atoms with E-state index >= 15 is 0 Å². The summed E-state index contributed by atoms with van der Waals surface area (Å²) in [6.45, 7) is 6.66. The average molecular weight is 187 g/mol. The maximum absolute atomic E-state index is 5.03. The van der Waals surface area contributed by atoms with E-state index in [0.717, 1.165) is 25.0 Å². The minimum absolute atomic E-state index is 0.787. The lowest BCUT2D eigenvalue weighted by Gasteiger charge is -2.20. The number of rotatable bonds is 8. The standard InChI is InChI=1S/C11H25NO/c1-10(2)11(9-12-3)7-5-6-8-13-4/h10-12H,5-9H2,1-4H3. The molecule has 0 aliphatic carbocycles. The predicted molar refractivity (Wildman–Crippen MR) is 58.0 cm³/mol. The van der Waals surface area contributed by atoms with Crippen molar-refractivity contribution in [3.05, 3.63) is 0 Å². The molecule has 1 N–H and O–H groups in total. The third-order valence-electron chi connectivity index (χ3n) is 2.58. The summed E-state index contributed by atoms with van der Waals surface area (Å²) in [5, 5.41) is 3.26. The van der Waals surface area contributed by atoms with Crippen molar-refractivity contribution in [2.45, 2.75) is 33.1 Å². The third kappa shape index (κ3) is 7.03. The third-order valence-corrected chi connectivity index (χ3v) is 2.58. The molecule has 80 valence electrons. The van der Waals surface area contributed by atoms with E-state index in [2.05, 4.69) is 19.2 Å². The molecule has 2 nitrogen and oxygen atoms in total. The fourth-order valence-corrected chi connectivity index (χ4v) is 1.59.